The third-order valence-electron chi connectivity index (χ3n) is 5.47. The van der Waals surface area contributed by atoms with E-state index < -0.39 is 0 Å². The lowest BCUT2D eigenvalue weighted by Crippen LogP contribution is -2.39. The van der Waals surface area contributed by atoms with Crippen LogP contribution in [0.25, 0.3) is 0 Å². The zero-order chi connectivity index (χ0) is 21.3. The number of carbonyl (C=O) groups excluding carboxylic acids is 2. The first-order valence-electron chi connectivity index (χ1n) is 11.1. The van der Waals surface area contributed by atoms with Crippen LogP contribution >= 0.6 is 11.8 Å². The average Bonchev–Trinajstić information content (AvgIpc) is 2.72. The van der Waals surface area contributed by atoms with Gasteiger partial charge in [0.25, 0.3) is 5.91 Å². The van der Waals surface area contributed by atoms with E-state index in [4.69, 9.17) is 9.47 Å². The van der Waals surface area contributed by atoms with Gasteiger partial charge in [-0.25, -0.2) is 4.79 Å². The van der Waals surface area contributed by atoms with Gasteiger partial charge in [-0.3, -0.25) is 4.79 Å². The van der Waals surface area contributed by atoms with E-state index >= 15 is 0 Å². The summed E-state index contributed by atoms with van der Waals surface area (Å²) in [5, 5.41) is 1.14. The number of anilines is 1. The number of esters is 1. The Balaban J connectivity index is 1.72. The van der Waals surface area contributed by atoms with Gasteiger partial charge in [-0.2, -0.15) is 4.99 Å². The van der Waals surface area contributed by atoms with Gasteiger partial charge in [0.1, 0.15) is 5.75 Å². The highest BCUT2D eigenvalue weighted by Gasteiger charge is 2.36. The number of rotatable bonds is 7. The minimum Gasteiger partial charge on any atom is -0.482 e. The first kappa shape index (κ1) is 22.7. The summed E-state index contributed by atoms with van der Waals surface area (Å²) >= 11 is 1.77. The van der Waals surface area contributed by atoms with Crippen LogP contribution in [0, 0.1) is 5.92 Å². The lowest BCUT2D eigenvalue weighted by atomic mass is 9.90. The van der Waals surface area contributed by atoms with Crippen LogP contribution < -0.4 is 9.64 Å². The van der Waals surface area contributed by atoms with Gasteiger partial charge >= 0.3 is 5.97 Å². The third-order valence-corrected chi connectivity index (χ3v) is 6.86. The Morgan fingerprint density at radius 2 is 1.87 bits per heavy atom. The van der Waals surface area contributed by atoms with Crippen LogP contribution in [0.15, 0.2) is 29.3 Å². The molecule has 0 aromatic heterocycles. The number of ether oxygens (including phenoxy) is 2. The molecule has 0 saturated heterocycles. The SMILES string of the molecule is CCCN(C1=NC(=O)C2CCCCCCC2S1)c1ccc(OCC(=O)OCC)cc1. The van der Waals surface area contributed by atoms with E-state index in [0.717, 1.165) is 43.1 Å². The second-order valence-corrected chi connectivity index (χ2v) is 8.93. The molecule has 30 heavy (non-hydrogen) atoms. The molecule has 1 aromatic carbocycles. The van der Waals surface area contributed by atoms with Crippen LogP contribution in [-0.2, 0) is 14.3 Å². The Kier molecular flexibility index (Phi) is 8.61. The second kappa shape index (κ2) is 11.4. The molecule has 1 aromatic rings. The molecule has 6 nitrogen and oxygen atoms in total. The van der Waals surface area contributed by atoms with E-state index in [9.17, 15) is 9.59 Å². The van der Waals surface area contributed by atoms with Crippen molar-refractivity contribution in [3.05, 3.63) is 24.3 Å². The Labute approximate surface area is 183 Å². The monoisotopic (exact) mass is 432 g/mol. The van der Waals surface area contributed by atoms with Crippen LogP contribution in [0.4, 0.5) is 5.69 Å². The number of benzene rings is 1. The van der Waals surface area contributed by atoms with Crippen molar-refractivity contribution in [2.75, 3.05) is 24.7 Å². The Hall–Kier alpha value is -2.02. The smallest absolute Gasteiger partial charge is 0.344 e. The minimum absolute atomic E-state index is 0.0474. The van der Waals surface area contributed by atoms with Gasteiger partial charge < -0.3 is 14.4 Å². The number of thioether (sulfide) groups is 1. The molecule has 2 aliphatic rings. The fourth-order valence-electron chi connectivity index (χ4n) is 3.96. The number of hydrogen-bond donors (Lipinski definition) is 0. The predicted octanol–water partition coefficient (Wildman–Crippen LogP) is 4.81. The zero-order valence-electron chi connectivity index (χ0n) is 18.0. The average molecular weight is 433 g/mol. The quantitative estimate of drug-likeness (QED) is 0.576. The van der Waals surface area contributed by atoms with Crippen molar-refractivity contribution in [3.63, 3.8) is 0 Å². The zero-order valence-corrected chi connectivity index (χ0v) is 18.8. The third kappa shape index (κ3) is 6.00. The van der Waals surface area contributed by atoms with E-state index in [2.05, 4.69) is 16.8 Å². The summed E-state index contributed by atoms with van der Waals surface area (Å²) in [5.74, 6) is 0.347. The Bertz CT molecular complexity index is 750. The molecule has 1 aliphatic heterocycles. The minimum atomic E-state index is -0.380. The lowest BCUT2D eigenvalue weighted by Gasteiger charge is -2.34. The molecule has 0 N–H and O–H groups in total. The van der Waals surface area contributed by atoms with Crippen molar-refractivity contribution in [1.29, 1.82) is 0 Å². The topological polar surface area (TPSA) is 68.2 Å². The number of fused-ring (bicyclic) bond motifs is 1. The molecular formula is C23H32N2O4S. The molecule has 2 unspecified atom stereocenters. The molecular weight excluding hydrogens is 400 g/mol. The molecule has 0 bridgehead atoms. The molecule has 0 spiro atoms. The summed E-state index contributed by atoms with van der Waals surface area (Å²) in [6.07, 6.45) is 7.80. The van der Waals surface area contributed by atoms with E-state index in [0.29, 0.717) is 17.6 Å². The molecule has 0 radical (unpaired) electrons. The van der Waals surface area contributed by atoms with Gasteiger partial charge in [0.15, 0.2) is 11.8 Å². The van der Waals surface area contributed by atoms with Crippen LogP contribution in [0.5, 0.6) is 5.75 Å². The van der Waals surface area contributed by atoms with E-state index in [1.54, 1.807) is 18.7 Å². The van der Waals surface area contributed by atoms with Gasteiger partial charge in [0.05, 0.1) is 12.5 Å². The molecule has 1 amide bonds. The fraction of sp³-hybridized carbons (Fsp3) is 0.609. The highest BCUT2D eigenvalue weighted by atomic mass is 32.2. The first-order chi connectivity index (χ1) is 14.6. The summed E-state index contributed by atoms with van der Waals surface area (Å²) in [4.78, 5) is 30.9. The molecule has 1 aliphatic carbocycles. The van der Waals surface area contributed by atoms with Crippen LogP contribution in [0.2, 0.25) is 0 Å². The fourth-order valence-corrected chi connectivity index (χ4v) is 5.40. The van der Waals surface area contributed by atoms with Crippen molar-refractivity contribution in [2.24, 2.45) is 10.9 Å². The van der Waals surface area contributed by atoms with E-state index in [1.807, 2.05) is 24.3 Å². The van der Waals surface area contributed by atoms with Gasteiger partial charge in [0.2, 0.25) is 0 Å². The molecule has 164 valence electrons. The number of amidine groups is 1. The normalized spacial score (nSPS) is 21.7. The van der Waals surface area contributed by atoms with Crippen LogP contribution in [0.1, 0.15) is 58.8 Å². The summed E-state index contributed by atoms with van der Waals surface area (Å²) in [6, 6.07) is 7.58. The van der Waals surface area contributed by atoms with Gasteiger partial charge in [-0.15, -0.1) is 0 Å². The standard InChI is InChI=1S/C23H32N2O4S/c1-3-15-25(17-11-13-18(14-12-17)29-16-21(26)28-4-2)23-24-22(27)19-9-7-5-6-8-10-20(19)30-23/h11-14,19-20H,3-10,15-16H2,1-2H3. The first-order valence-corrected chi connectivity index (χ1v) is 12.0. The maximum Gasteiger partial charge on any atom is 0.344 e. The summed E-state index contributed by atoms with van der Waals surface area (Å²) in [6.45, 7) is 4.92. The number of aliphatic imine (C=N–C) groups is 1. The van der Waals surface area contributed by atoms with Gasteiger partial charge in [-0.05, 0) is 50.5 Å². The molecule has 3 rings (SSSR count). The lowest BCUT2D eigenvalue weighted by molar-refractivity contribution is -0.145. The molecule has 1 saturated carbocycles. The highest BCUT2D eigenvalue weighted by Crippen LogP contribution is 2.38. The van der Waals surface area contributed by atoms with Gasteiger partial charge in [0, 0.05) is 17.5 Å². The number of hydrogen-bond acceptors (Lipinski definition) is 6. The largest absolute Gasteiger partial charge is 0.482 e. The maximum absolute atomic E-state index is 12.8. The van der Waals surface area contributed by atoms with Crippen LogP contribution in [-0.4, -0.2) is 42.1 Å². The number of carbonyl (C=O) groups is 2. The molecule has 7 heteroatoms. The predicted molar refractivity (Wildman–Crippen MR) is 121 cm³/mol. The summed E-state index contributed by atoms with van der Waals surface area (Å²) in [7, 11) is 0. The molecule has 2 atom stereocenters. The van der Waals surface area contributed by atoms with E-state index in [1.165, 1.54) is 19.3 Å². The Morgan fingerprint density at radius 3 is 2.57 bits per heavy atom. The number of amides is 1. The molecule has 1 fully saturated rings. The van der Waals surface area contributed by atoms with Gasteiger partial charge in [-0.1, -0.05) is 44.4 Å². The number of nitrogens with zero attached hydrogens (tertiary/aromatic N) is 2. The highest BCUT2D eigenvalue weighted by molar-refractivity contribution is 8.14. The van der Waals surface area contributed by atoms with Crippen LogP contribution in [0.3, 0.4) is 0 Å². The Morgan fingerprint density at radius 1 is 1.13 bits per heavy atom. The second-order valence-electron chi connectivity index (χ2n) is 7.73. The summed E-state index contributed by atoms with van der Waals surface area (Å²) in [5.41, 5.74) is 0.976. The molecule has 1 heterocycles. The van der Waals surface area contributed by atoms with Crippen molar-refractivity contribution in [1.82, 2.24) is 0 Å². The van der Waals surface area contributed by atoms with Crippen molar-refractivity contribution in [3.8, 4) is 5.75 Å². The van der Waals surface area contributed by atoms with Crippen molar-refractivity contribution in [2.45, 2.75) is 64.0 Å². The summed E-state index contributed by atoms with van der Waals surface area (Å²) < 4.78 is 10.4. The van der Waals surface area contributed by atoms with Crippen molar-refractivity contribution >= 4 is 34.5 Å². The van der Waals surface area contributed by atoms with Crippen molar-refractivity contribution < 1.29 is 19.1 Å². The van der Waals surface area contributed by atoms with E-state index in [-0.39, 0.29) is 24.4 Å². The maximum atomic E-state index is 12.8.